The summed E-state index contributed by atoms with van der Waals surface area (Å²) in [5.41, 5.74) is 13.7. The molecule has 13 heteroatoms. The zero-order valence-corrected chi connectivity index (χ0v) is 36.9. The molecule has 2 N–H and O–H groups in total. The number of hydrogen-bond acceptors (Lipinski definition) is 10. The number of fused-ring (bicyclic) bond motifs is 1. The van der Waals surface area contributed by atoms with E-state index in [1.165, 1.54) is 6.33 Å². The third-order valence-electron chi connectivity index (χ3n) is 11.7. The molecule has 1 aliphatic heterocycles. The van der Waals surface area contributed by atoms with Gasteiger partial charge in [0.2, 0.25) is 0 Å². The highest BCUT2D eigenvalue weighted by molar-refractivity contribution is 7.98. The fraction of sp³-hybridized carbons (Fsp3) is 0.452. The normalized spacial score (nSPS) is 19.5. The molecule has 5 aromatic rings. The molecule has 0 radical (unpaired) electrons. The van der Waals surface area contributed by atoms with Gasteiger partial charge in [0, 0.05) is 40.1 Å². The van der Waals surface area contributed by atoms with Gasteiger partial charge in [-0.25, -0.2) is 19.9 Å². The standard InChI is InChI=1S/C42H55N7O3SSi2/c1-27-32(35(46-25-45-27)30-15-13-12-14-16-30)23-53-24-33-36(51-54(8,9)41(2,3)4)37(52-55(10,11)42(5,6)7)40(50-33)49-22-31(29-19-17-28(21-43)18-20-29)34-38(44)47-26-48-39(34)49/h12-20,22,25-26,33,36-37,40H,23-24H2,1-11H3,(H2,44,47,48)/t33-,36-,37-,40-/m1/s1. The molecule has 0 saturated carbocycles. The maximum Gasteiger partial charge on any atom is 0.192 e. The number of thioether (sulfide) groups is 1. The van der Waals surface area contributed by atoms with Gasteiger partial charge in [0.25, 0.3) is 0 Å². The van der Waals surface area contributed by atoms with E-state index >= 15 is 0 Å². The molecule has 2 aromatic carbocycles. The highest BCUT2D eigenvalue weighted by Crippen LogP contribution is 2.48. The average Bonchev–Trinajstić information content (AvgIpc) is 3.66. The zero-order chi connectivity index (χ0) is 39.9. The number of hydrogen-bond donors (Lipinski definition) is 1. The molecule has 0 amide bonds. The molecule has 1 aliphatic rings. The van der Waals surface area contributed by atoms with Gasteiger partial charge in [-0.2, -0.15) is 17.0 Å². The van der Waals surface area contributed by atoms with E-state index in [1.54, 1.807) is 18.1 Å². The minimum absolute atomic E-state index is 0.0437. The molecular weight excluding hydrogens is 739 g/mol. The van der Waals surface area contributed by atoms with Gasteiger partial charge in [0.05, 0.1) is 28.8 Å². The summed E-state index contributed by atoms with van der Waals surface area (Å²) in [7, 11) is -4.73. The Labute approximate surface area is 332 Å². The van der Waals surface area contributed by atoms with Gasteiger partial charge in [-0.15, -0.1) is 0 Å². The molecule has 1 saturated heterocycles. The predicted molar refractivity (Wildman–Crippen MR) is 229 cm³/mol. The first-order valence-electron chi connectivity index (χ1n) is 18.9. The van der Waals surface area contributed by atoms with Crippen molar-refractivity contribution < 1.29 is 13.6 Å². The number of nitrogens with zero attached hydrogens (tertiary/aromatic N) is 6. The Morgan fingerprint density at radius 3 is 2.07 bits per heavy atom. The summed E-state index contributed by atoms with van der Waals surface area (Å²) < 4.78 is 24.3. The molecule has 1 fully saturated rings. The van der Waals surface area contributed by atoms with Crippen LogP contribution in [0.3, 0.4) is 0 Å². The Kier molecular flexibility index (Phi) is 11.5. The largest absolute Gasteiger partial charge is 0.408 e. The van der Waals surface area contributed by atoms with Gasteiger partial charge in [-0.3, -0.25) is 0 Å². The molecule has 10 nitrogen and oxygen atoms in total. The summed E-state index contributed by atoms with van der Waals surface area (Å²) in [6, 6.07) is 20.0. The molecule has 55 heavy (non-hydrogen) atoms. The van der Waals surface area contributed by atoms with Crippen LogP contribution in [0.4, 0.5) is 5.82 Å². The SMILES string of the molecule is Cc1ncnc(-c2ccccc2)c1CSC[C@H]1O[C@@H](n2cc(-c3ccc(C#N)cc3)c3c(N)ncnc32)[C@H](O[Si](C)(C)C(C)(C)C)[C@@H]1O[Si](C)(C)C(C)(C)C. The van der Waals surface area contributed by atoms with Crippen LogP contribution in [0, 0.1) is 18.3 Å². The third kappa shape index (κ3) is 8.31. The Bertz CT molecular complexity index is 2170. The van der Waals surface area contributed by atoms with Crippen LogP contribution in [-0.4, -0.2) is 65.2 Å². The quantitative estimate of drug-likeness (QED) is 0.129. The Morgan fingerprint density at radius 1 is 0.836 bits per heavy atom. The Hall–Kier alpha value is -3.91. The molecule has 0 aliphatic carbocycles. The van der Waals surface area contributed by atoms with Gasteiger partial charge >= 0.3 is 0 Å². The summed E-state index contributed by atoms with van der Waals surface area (Å²) in [4.78, 5) is 18.5. The summed E-state index contributed by atoms with van der Waals surface area (Å²) in [6.45, 7) is 24.8. The molecule has 4 heterocycles. The lowest BCUT2D eigenvalue weighted by atomic mass is 10.0. The lowest BCUT2D eigenvalue weighted by Crippen LogP contribution is -2.53. The minimum Gasteiger partial charge on any atom is -0.408 e. The van der Waals surface area contributed by atoms with Crippen LogP contribution >= 0.6 is 11.8 Å². The van der Waals surface area contributed by atoms with Crippen molar-refractivity contribution >= 4 is 45.2 Å². The number of rotatable bonds is 11. The number of aryl methyl sites for hydroxylation is 1. The van der Waals surface area contributed by atoms with Crippen molar-refractivity contribution in [1.82, 2.24) is 24.5 Å². The average molecular weight is 794 g/mol. The van der Waals surface area contributed by atoms with Crippen molar-refractivity contribution in [2.45, 2.75) is 115 Å². The van der Waals surface area contributed by atoms with Crippen molar-refractivity contribution in [2.75, 3.05) is 11.5 Å². The highest BCUT2D eigenvalue weighted by atomic mass is 32.2. The van der Waals surface area contributed by atoms with Gasteiger partial charge in [0.15, 0.2) is 22.9 Å². The summed E-state index contributed by atoms with van der Waals surface area (Å²) in [5.74, 6) is 1.74. The number of ether oxygens (including phenoxy) is 1. The predicted octanol–water partition coefficient (Wildman–Crippen LogP) is 9.93. The topological polar surface area (TPSA) is 134 Å². The van der Waals surface area contributed by atoms with E-state index in [9.17, 15) is 5.26 Å². The van der Waals surface area contributed by atoms with Crippen LogP contribution in [0.5, 0.6) is 0 Å². The van der Waals surface area contributed by atoms with Gasteiger partial charge in [-0.05, 0) is 60.9 Å². The monoisotopic (exact) mass is 793 g/mol. The second kappa shape index (κ2) is 15.6. The fourth-order valence-corrected chi connectivity index (χ4v) is 10.2. The van der Waals surface area contributed by atoms with E-state index in [1.807, 2.05) is 42.5 Å². The van der Waals surface area contributed by atoms with E-state index in [0.29, 0.717) is 28.5 Å². The van der Waals surface area contributed by atoms with Crippen LogP contribution in [0.25, 0.3) is 33.4 Å². The second-order valence-electron chi connectivity index (χ2n) is 17.5. The maximum atomic E-state index is 9.49. The smallest absolute Gasteiger partial charge is 0.192 e. The molecule has 6 rings (SSSR count). The van der Waals surface area contributed by atoms with E-state index < -0.39 is 29.0 Å². The van der Waals surface area contributed by atoms with Crippen LogP contribution in [0.15, 0.2) is 73.4 Å². The molecule has 4 atom stereocenters. The molecule has 290 valence electrons. The van der Waals surface area contributed by atoms with Crippen molar-refractivity contribution in [3.63, 3.8) is 0 Å². The Balaban J connectivity index is 1.45. The van der Waals surface area contributed by atoms with Crippen LogP contribution in [0.2, 0.25) is 36.3 Å². The first-order chi connectivity index (χ1) is 25.8. The Morgan fingerprint density at radius 2 is 1.45 bits per heavy atom. The number of nitrogens with two attached hydrogens (primary N) is 1. The highest BCUT2D eigenvalue weighted by Gasteiger charge is 2.54. The van der Waals surface area contributed by atoms with Crippen LogP contribution in [0.1, 0.15) is 64.6 Å². The van der Waals surface area contributed by atoms with Gasteiger partial charge in [0.1, 0.15) is 36.3 Å². The summed E-state index contributed by atoms with van der Waals surface area (Å²) in [6.07, 6.45) is 3.53. The number of nitriles is 1. The van der Waals surface area contributed by atoms with Gasteiger partial charge in [-0.1, -0.05) is 84.0 Å². The van der Waals surface area contributed by atoms with Gasteiger partial charge < -0.3 is 23.9 Å². The number of nitrogen functional groups attached to an aromatic ring is 1. The van der Waals surface area contributed by atoms with Crippen LogP contribution < -0.4 is 5.73 Å². The minimum atomic E-state index is -2.39. The van der Waals surface area contributed by atoms with Crippen molar-refractivity contribution in [2.24, 2.45) is 0 Å². The van der Waals surface area contributed by atoms with E-state index in [0.717, 1.165) is 39.0 Å². The lowest BCUT2D eigenvalue weighted by Gasteiger charge is -2.44. The number of anilines is 1. The summed E-state index contributed by atoms with van der Waals surface area (Å²) >= 11 is 1.80. The molecular formula is C42H55N7O3SSi2. The molecule has 0 spiro atoms. The van der Waals surface area contributed by atoms with Crippen molar-refractivity contribution in [1.29, 1.82) is 5.26 Å². The van der Waals surface area contributed by atoms with E-state index in [4.69, 9.17) is 29.3 Å². The first kappa shape index (κ1) is 40.7. The lowest BCUT2D eigenvalue weighted by molar-refractivity contribution is -0.0243. The van der Waals surface area contributed by atoms with Crippen molar-refractivity contribution in [3.8, 4) is 28.5 Å². The molecule has 0 bridgehead atoms. The van der Waals surface area contributed by atoms with E-state index in [-0.39, 0.29) is 22.3 Å². The maximum absolute atomic E-state index is 9.49. The number of benzene rings is 2. The van der Waals surface area contributed by atoms with E-state index in [2.05, 4.69) is 114 Å². The number of aromatic nitrogens is 5. The van der Waals surface area contributed by atoms with Crippen molar-refractivity contribution in [3.05, 3.63) is 90.3 Å². The zero-order valence-electron chi connectivity index (χ0n) is 34.0. The summed E-state index contributed by atoms with van der Waals surface area (Å²) in [5, 5.41) is 10.1. The first-order valence-corrected chi connectivity index (χ1v) is 25.9. The molecule has 3 aromatic heterocycles. The third-order valence-corrected chi connectivity index (χ3v) is 21.7. The molecule has 0 unspecified atom stereocenters. The van der Waals surface area contributed by atoms with Crippen LogP contribution in [-0.2, 0) is 19.3 Å². The fourth-order valence-electron chi connectivity index (χ4n) is 6.41. The second-order valence-corrected chi connectivity index (χ2v) is 28.1.